The van der Waals surface area contributed by atoms with E-state index in [9.17, 15) is 4.79 Å². The van der Waals surface area contributed by atoms with Gasteiger partial charge in [-0.1, -0.05) is 6.92 Å². The molecule has 1 aliphatic rings. The van der Waals surface area contributed by atoms with Gasteiger partial charge in [0.15, 0.2) is 0 Å². The van der Waals surface area contributed by atoms with Crippen LogP contribution in [-0.4, -0.2) is 36.5 Å². The van der Waals surface area contributed by atoms with Gasteiger partial charge in [-0.3, -0.25) is 4.79 Å². The van der Waals surface area contributed by atoms with Crippen molar-refractivity contribution in [1.82, 2.24) is 4.90 Å². The highest BCUT2D eigenvalue weighted by molar-refractivity contribution is 5.90. The van der Waals surface area contributed by atoms with Crippen LogP contribution in [0.25, 0.3) is 0 Å². The number of likely N-dealkylation sites (tertiary alicyclic amines) is 1. The molecular weight excluding hydrogens is 250 g/mol. The van der Waals surface area contributed by atoms with Gasteiger partial charge in [0.25, 0.3) is 0 Å². The predicted octanol–water partition coefficient (Wildman–Crippen LogP) is 2.93. The summed E-state index contributed by atoms with van der Waals surface area (Å²) in [6, 6.07) is 9.15. The van der Waals surface area contributed by atoms with E-state index in [4.69, 9.17) is 0 Å². The molecule has 0 saturated carbocycles. The number of hydrogen-bond donors (Lipinski definition) is 2. The Bertz CT molecular complexity index is 444. The van der Waals surface area contributed by atoms with Crippen molar-refractivity contribution in [2.45, 2.75) is 45.2 Å². The van der Waals surface area contributed by atoms with Crippen LogP contribution in [0.4, 0.5) is 11.4 Å². The third kappa shape index (κ3) is 3.97. The van der Waals surface area contributed by atoms with Crippen LogP contribution in [0.3, 0.4) is 0 Å². The Kier molecular flexibility index (Phi) is 5.01. The van der Waals surface area contributed by atoms with Gasteiger partial charge in [0, 0.05) is 36.4 Å². The van der Waals surface area contributed by atoms with Crippen LogP contribution in [0, 0.1) is 0 Å². The second-order valence-electron chi connectivity index (χ2n) is 5.67. The molecule has 2 atom stereocenters. The van der Waals surface area contributed by atoms with Crippen LogP contribution in [-0.2, 0) is 4.79 Å². The molecule has 1 amide bonds. The molecule has 1 fully saturated rings. The predicted molar refractivity (Wildman–Crippen MR) is 84.1 cm³/mol. The molecule has 1 saturated heterocycles. The van der Waals surface area contributed by atoms with Gasteiger partial charge in [-0.15, -0.1) is 0 Å². The Hall–Kier alpha value is -1.55. The van der Waals surface area contributed by atoms with Gasteiger partial charge in [0.2, 0.25) is 5.91 Å². The summed E-state index contributed by atoms with van der Waals surface area (Å²) >= 11 is 0. The molecule has 2 N–H and O–H groups in total. The van der Waals surface area contributed by atoms with Crippen LogP contribution in [0.5, 0.6) is 0 Å². The number of anilines is 2. The third-order valence-corrected chi connectivity index (χ3v) is 4.07. The van der Waals surface area contributed by atoms with Crippen LogP contribution >= 0.6 is 0 Å². The van der Waals surface area contributed by atoms with Gasteiger partial charge < -0.3 is 15.5 Å². The average molecular weight is 275 g/mol. The van der Waals surface area contributed by atoms with E-state index in [0.29, 0.717) is 18.5 Å². The lowest BCUT2D eigenvalue weighted by molar-refractivity contribution is -0.115. The standard InChI is InChI=1S/C16H25N3O/c1-4-16(20)18-14-7-5-13(6-8-14)17-15-9-10-19(3)12(2)11-15/h5-8,12,15,17H,4,9-11H2,1-3H3,(H,18,20). The highest BCUT2D eigenvalue weighted by Crippen LogP contribution is 2.21. The molecule has 4 heteroatoms. The van der Waals surface area contributed by atoms with E-state index in [-0.39, 0.29) is 5.91 Å². The maximum absolute atomic E-state index is 11.3. The van der Waals surface area contributed by atoms with Gasteiger partial charge in [-0.05, 0) is 51.1 Å². The van der Waals surface area contributed by atoms with Crippen molar-refractivity contribution in [1.29, 1.82) is 0 Å². The lowest BCUT2D eigenvalue weighted by atomic mass is 9.98. The molecule has 0 bridgehead atoms. The molecule has 1 heterocycles. The lowest BCUT2D eigenvalue weighted by Crippen LogP contribution is -2.42. The Morgan fingerprint density at radius 3 is 2.55 bits per heavy atom. The van der Waals surface area contributed by atoms with E-state index in [2.05, 4.69) is 29.5 Å². The van der Waals surface area contributed by atoms with E-state index in [1.807, 2.05) is 31.2 Å². The minimum atomic E-state index is 0.0508. The van der Waals surface area contributed by atoms with Crippen LogP contribution in [0.2, 0.25) is 0 Å². The maximum atomic E-state index is 11.3. The lowest BCUT2D eigenvalue weighted by Gasteiger charge is -2.35. The first-order valence-electron chi connectivity index (χ1n) is 7.45. The van der Waals surface area contributed by atoms with Crippen molar-refractivity contribution in [3.8, 4) is 0 Å². The summed E-state index contributed by atoms with van der Waals surface area (Å²) in [6.45, 7) is 5.27. The molecule has 0 radical (unpaired) electrons. The van der Waals surface area contributed by atoms with Crippen molar-refractivity contribution >= 4 is 17.3 Å². The monoisotopic (exact) mass is 275 g/mol. The largest absolute Gasteiger partial charge is 0.382 e. The Morgan fingerprint density at radius 2 is 1.95 bits per heavy atom. The van der Waals surface area contributed by atoms with E-state index < -0.39 is 0 Å². The average Bonchev–Trinajstić information content (AvgIpc) is 2.45. The van der Waals surface area contributed by atoms with Gasteiger partial charge in [-0.25, -0.2) is 0 Å². The van der Waals surface area contributed by atoms with E-state index in [1.54, 1.807) is 0 Å². The first-order chi connectivity index (χ1) is 9.58. The minimum Gasteiger partial charge on any atom is -0.382 e. The fraction of sp³-hybridized carbons (Fsp3) is 0.562. The van der Waals surface area contributed by atoms with E-state index in [0.717, 1.165) is 17.9 Å². The molecule has 0 spiro atoms. The van der Waals surface area contributed by atoms with Crippen molar-refractivity contribution in [3.05, 3.63) is 24.3 Å². The summed E-state index contributed by atoms with van der Waals surface area (Å²) in [7, 11) is 2.19. The quantitative estimate of drug-likeness (QED) is 0.888. The zero-order chi connectivity index (χ0) is 14.5. The fourth-order valence-corrected chi connectivity index (χ4v) is 2.56. The number of rotatable bonds is 4. The Labute approximate surface area is 121 Å². The van der Waals surface area contributed by atoms with E-state index in [1.165, 1.54) is 12.8 Å². The molecule has 2 rings (SSSR count). The number of carbonyl (C=O) groups excluding carboxylic acids is 1. The van der Waals surface area contributed by atoms with Crippen molar-refractivity contribution in [2.24, 2.45) is 0 Å². The molecule has 1 aliphatic heterocycles. The van der Waals surface area contributed by atoms with Crippen molar-refractivity contribution < 1.29 is 4.79 Å². The molecule has 110 valence electrons. The summed E-state index contributed by atoms with van der Waals surface area (Å²) in [5, 5.41) is 6.45. The van der Waals surface area contributed by atoms with Crippen LogP contribution in [0.15, 0.2) is 24.3 Å². The molecule has 2 unspecified atom stereocenters. The van der Waals surface area contributed by atoms with Crippen molar-refractivity contribution in [3.63, 3.8) is 0 Å². The van der Waals surface area contributed by atoms with Gasteiger partial charge in [0.1, 0.15) is 0 Å². The number of nitrogens with zero attached hydrogens (tertiary/aromatic N) is 1. The van der Waals surface area contributed by atoms with Crippen LogP contribution in [0.1, 0.15) is 33.1 Å². The molecule has 1 aromatic rings. The van der Waals surface area contributed by atoms with Crippen molar-refractivity contribution in [2.75, 3.05) is 24.2 Å². The number of piperidine rings is 1. The number of amides is 1. The topological polar surface area (TPSA) is 44.4 Å². The summed E-state index contributed by atoms with van der Waals surface area (Å²) in [6.07, 6.45) is 2.85. The zero-order valence-corrected chi connectivity index (χ0v) is 12.6. The summed E-state index contributed by atoms with van der Waals surface area (Å²) < 4.78 is 0. The number of carbonyl (C=O) groups is 1. The number of hydrogen-bond acceptors (Lipinski definition) is 3. The van der Waals surface area contributed by atoms with Gasteiger partial charge >= 0.3 is 0 Å². The second kappa shape index (κ2) is 6.75. The third-order valence-electron chi connectivity index (χ3n) is 4.07. The number of nitrogens with one attached hydrogen (secondary N) is 2. The molecule has 20 heavy (non-hydrogen) atoms. The summed E-state index contributed by atoms with van der Waals surface area (Å²) in [5.41, 5.74) is 1.99. The maximum Gasteiger partial charge on any atom is 0.224 e. The smallest absolute Gasteiger partial charge is 0.224 e. The zero-order valence-electron chi connectivity index (χ0n) is 12.6. The SMILES string of the molecule is CCC(=O)Nc1ccc(NC2CCN(C)C(C)C2)cc1. The molecule has 0 aliphatic carbocycles. The first kappa shape index (κ1) is 14.9. The Balaban J connectivity index is 1.89. The molecule has 0 aromatic heterocycles. The highest BCUT2D eigenvalue weighted by Gasteiger charge is 2.22. The first-order valence-corrected chi connectivity index (χ1v) is 7.45. The molecule has 4 nitrogen and oxygen atoms in total. The minimum absolute atomic E-state index is 0.0508. The Morgan fingerprint density at radius 1 is 1.30 bits per heavy atom. The van der Waals surface area contributed by atoms with E-state index >= 15 is 0 Å². The van der Waals surface area contributed by atoms with Gasteiger partial charge in [0.05, 0.1) is 0 Å². The normalized spacial score (nSPS) is 23.4. The molecular formula is C16H25N3O. The van der Waals surface area contributed by atoms with Crippen LogP contribution < -0.4 is 10.6 Å². The second-order valence-corrected chi connectivity index (χ2v) is 5.67. The highest BCUT2D eigenvalue weighted by atomic mass is 16.1. The van der Waals surface area contributed by atoms with Gasteiger partial charge in [-0.2, -0.15) is 0 Å². The molecule has 1 aromatic carbocycles. The summed E-state index contributed by atoms with van der Waals surface area (Å²) in [4.78, 5) is 13.7. The summed E-state index contributed by atoms with van der Waals surface area (Å²) in [5.74, 6) is 0.0508. The number of benzene rings is 1. The fourth-order valence-electron chi connectivity index (χ4n) is 2.56.